The Bertz CT molecular complexity index is 2780. The van der Waals surface area contributed by atoms with Crippen LogP contribution in [0.25, 0.3) is 62.2 Å². The van der Waals surface area contributed by atoms with E-state index in [4.69, 9.17) is 9.98 Å². The van der Waals surface area contributed by atoms with Crippen LogP contribution in [0.4, 0.5) is 0 Å². The lowest BCUT2D eigenvalue weighted by atomic mass is 9.93. The van der Waals surface area contributed by atoms with Crippen molar-refractivity contribution in [2.75, 3.05) is 0 Å². The summed E-state index contributed by atoms with van der Waals surface area (Å²) < 4.78 is 5.10. The summed E-state index contributed by atoms with van der Waals surface area (Å²) in [6.07, 6.45) is -0.320. The number of nitrogens with one attached hydrogen (secondary N) is 1. The van der Waals surface area contributed by atoms with Crippen molar-refractivity contribution in [1.29, 1.82) is 0 Å². The predicted octanol–water partition coefficient (Wildman–Crippen LogP) is 11.7. The highest BCUT2D eigenvalue weighted by atomic mass is 32.1. The van der Waals surface area contributed by atoms with Gasteiger partial charge in [0, 0.05) is 57.0 Å². The summed E-state index contributed by atoms with van der Waals surface area (Å²) >= 11 is 3.66. The molecular formula is C43H27N3S2. The van der Waals surface area contributed by atoms with Gasteiger partial charge in [0.2, 0.25) is 0 Å². The Balaban J connectivity index is 1.19. The van der Waals surface area contributed by atoms with Crippen molar-refractivity contribution in [3.8, 4) is 11.1 Å². The van der Waals surface area contributed by atoms with Crippen LogP contribution in [-0.2, 0) is 0 Å². The van der Waals surface area contributed by atoms with Gasteiger partial charge in [0.05, 0.1) is 0 Å². The van der Waals surface area contributed by atoms with Crippen LogP contribution < -0.4 is 5.32 Å². The minimum absolute atomic E-state index is 0.320. The van der Waals surface area contributed by atoms with Crippen LogP contribution in [0.2, 0.25) is 0 Å². The van der Waals surface area contributed by atoms with E-state index in [1.54, 1.807) is 0 Å². The fraction of sp³-hybridized carbons (Fsp3) is 0.0233. The minimum Gasteiger partial charge on any atom is -0.344 e. The molecule has 0 radical (unpaired) electrons. The van der Waals surface area contributed by atoms with Crippen molar-refractivity contribution in [3.63, 3.8) is 0 Å². The maximum absolute atomic E-state index is 5.37. The van der Waals surface area contributed by atoms with Crippen molar-refractivity contribution in [1.82, 2.24) is 5.32 Å². The van der Waals surface area contributed by atoms with Gasteiger partial charge in [-0.05, 0) is 52.2 Å². The van der Waals surface area contributed by atoms with Crippen molar-refractivity contribution in [2.45, 2.75) is 6.17 Å². The number of nitrogens with zero attached hydrogens (tertiary/aromatic N) is 2. The Labute approximate surface area is 285 Å². The van der Waals surface area contributed by atoms with Gasteiger partial charge >= 0.3 is 0 Å². The number of fused-ring (bicyclic) bond motifs is 7. The van der Waals surface area contributed by atoms with E-state index in [-0.39, 0.29) is 6.17 Å². The van der Waals surface area contributed by atoms with Crippen LogP contribution in [-0.4, -0.2) is 11.7 Å². The number of aliphatic imine (C=N–C) groups is 2. The van der Waals surface area contributed by atoms with Gasteiger partial charge in [-0.3, -0.25) is 0 Å². The number of thiophene rings is 2. The summed E-state index contributed by atoms with van der Waals surface area (Å²) in [7, 11) is 0. The third kappa shape index (κ3) is 4.39. The fourth-order valence-corrected chi connectivity index (χ4v) is 9.44. The molecule has 2 aromatic heterocycles. The van der Waals surface area contributed by atoms with Gasteiger partial charge in [-0.1, -0.05) is 121 Å². The molecular weight excluding hydrogens is 623 g/mol. The highest BCUT2D eigenvalue weighted by Crippen LogP contribution is 2.40. The van der Waals surface area contributed by atoms with Gasteiger partial charge in [-0.15, -0.1) is 22.7 Å². The largest absolute Gasteiger partial charge is 0.344 e. The van der Waals surface area contributed by atoms with Crippen LogP contribution in [0.1, 0.15) is 22.9 Å². The van der Waals surface area contributed by atoms with Crippen LogP contribution >= 0.6 is 22.7 Å². The monoisotopic (exact) mass is 649 g/mol. The van der Waals surface area contributed by atoms with Crippen LogP contribution in [0.15, 0.2) is 162 Å². The van der Waals surface area contributed by atoms with Gasteiger partial charge in [0.25, 0.3) is 0 Å². The third-order valence-corrected chi connectivity index (χ3v) is 11.8. The lowest BCUT2D eigenvalue weighted by molar-refractivity contribution is 0.680. The average Bonchev–Trinajstić information content (AvgIpc) is 3.72. The molecule has 0 saturated heterocycles. The summed E-state index contributed by atoms with van der Waals surface area (Å²) in [6.45, 7) is 0. The van der Waals surface area contributed by atoms with Gasteiger partial charge in [0.15, 0.2) is 5.84 Å². The second-order valence-corrected chi connectivity index (χ2v) is 14.3. The van der Waals surface area contributed by atoms with E-state index < -0.39 is 0 Å². The van der Waals surface area contributed by atoms with E-state index in [0.717, 1.165) is 33.9 Å². The molecule has 226 valence electrons. The van der Waals surface area contributed by atoms with E-state index in [2.05, 4.69) is 157 Å². The average molecular weight is 650 g/mol. The highest BCUT2D eigenvalue weighted by Gasteiger charge is 2.25. The maximum atomic E-state index is 5.37. The molecule has 0 spiro atoms. The molecule has 48 heavy (non-hydrogen) atoms. The molecule has 0 saturated carbocycles. The molecule has 0 aliphatic carbocycles. The van der Waals surface area contributed by atoms with Gasteiger partial charge in [0.1, 0.15) is 12.0 Å². The molecule has 5 heteroatoms. The van der Waals surface area contributed by atoms with Crippen molar-refractivity contribution in [3.05, 3.63) is 168 Å². The zero-order chi connectivity index (χ0) is 31.6. The molecule has 10 rings (SSSR count). The maximum Gasteiger partial charge on any atom is 0.159 e. The molecule has 1 atom stereocenters. The zero-order valence-corrected chi connectivity index (χ0v) is 27.4. The van der Waals surface area contributed by atoms with Crippen LogP contribution in [0.5, 0.6) is 0 Å². The SMILES string of the molecule is c1ccc(-c2cccc3ccccc23)c(C2=NC(c3ccc4sc5ccccc5c4c3)=NC(c3cccc4c3sc3ccccc34)N2)c1. The predicted molar refractivity (Wildman–Crippen MR) is 207 cm³/mol. The fourth-order valence-electron chi connectivity index (χ4n) is 7.11. The van der Waals surface area contributed by atoms with Crippen molar-refractivity contribution in [2.24, 2.45) is 9.98 Å². The molecule has 1 aliphatic rings. The standard InChI is InChI=1S/C43H27N3S2/c1-2-13-28-26(11-1)12-9-18-29(28)30-14-3-4-17-34(30)42-44-41(27-23-24-39-36(25-27)32-16-6-7-21-37(32)47-39)45-43(46-42)35-20-10-19-33-31-15-5-8-22-38(31)48-40(33)35/h1-25,43H,(H,44,45,46). The molecule has 0 bridgehead atoms. The molecule has 1 N–H and O–H groups in total. The second kappa shape index (κ2) is 11.0. The Morgan fingerprint density at radius 3 is 1.98 bits per heavy atom. The molecule has 1 unspecified atom stereocenters. The first-order chi connectivity index (χ1) is 23.8. The minimum atomic E-state index is -0.320. The molecule has 0 fully saturated rings. The summed E-state index contributed by atoms with van der Waals surface area (Å²) in [4.78, 5) is 10.7. The first-order valence-corrected chi connectivity index (χ1v) is 17.7. The van der Waals surface area contributed by atoms with E-state index in [9.17, 15) is 0 Å². The Morgan fingerprint density at radius 1 is 0.479 bits per heavy atom. The summed E-state index contributed by atoms with van der Waals surface area (Å²) in [6, 6.07) is 54.3. The first-order valence-electron chi connectivity index (χ1n) is 16.1. The number of hydrogen-bond acceptors (Lipinski definition) is 5. The van der Waals surface area contributed by atoms with Crippen molar-refractivity contribution < 1.29 is 0 Å². The van der Waals surface area contributed by atoms with E-state index >= 15 is 0 Å². The third-order valence-electron chi connectivity index (χ3n) is 9.37. The topological polar surface area (TPSA) is 36.8 Å². The lowest BCUT2D eigenvalue weighted by Crippen LogP contribution is -2.34. The number of benzene rings is 7. The Kier molecular flexibility index (Phi) is 6.29. The molecule has 3 heterocycles. The van der Waals surface area contributed by atoms with Crippen LogP contribution in [0.3, 0.4) is 0 Å². The van der Waals surface area contributed by atoms with E-state index in [1.807, 2.05) is 22.7 Å². The molecule has 9 aromatic rings. The molecule has 7 aromatic carbocycles. The molecule has 1 aliphatic heterocycles. The first kappa shape index (κ1) is 27.5. The highest BCUT2D eigenvalue weighted by molar-refractivity contribution is 7.26. The Morgan fingerprint density at radius 2 is 1.10 bits per heavy atom. The molecule has 0 amide bonds. The smallest absolute Gasteiger partial charge is 0.159 e. The lowest BCUT2D eigenvalue weighted by Gasteiger charge is -2.25. The van der Waals surface area contributed by atoms with Crippen LogP contribution in [0, 0.1) is 0 Å². The second-order valence-electron chi connectivity index (χ2n) is 12.2. The van der Waals surface area contributed by atoms with Gasteiger partial charge < -0.3 is 5.32 Å². The van der Waals surface area contributed by atoms with Gasteiger partial charge in [-0.2, -0.15) is 0 Å². The summed E-state index contributed by atoms with van der Waals surface area (Å²) in [5.74, 6) is 1.55. The number of amidine groups is 2. The summed E-state index contributed by atoms with van der Waals surface area (Å²) in [5, 5.41) is 11.3. The van der Waals surface area contributed by atoms with E-state index in [1.165, 1.54) is 56.7 Å². The summed E-state index contributed by atoms with van der Waals surface area (Å²) in [5.41, 5.74) is 5.55. The number of rotatable bonds is 4. The normalized spacial score (nSPS) is 14.9. The van der Waals surface area contributed by atoms with E-state index in [0.29, 0.717) is 0 Å². The van der Waals surface area contributed by atoms with Crippen molar-refractivity contribution >= 4 is 85.5 Å². The van der Waals surface area contributed by atoms with Gasteiger partial charge in [-0.25, -0.2) is 9.98 Å². The zero-order valence-electron chi connectivity index (χ0n) is 25.7. The number of hydrogen-bond donors (Lipinski definition) is 1. The quantitative estimate of drug-likeness (QED) is 0.202. The Hall–Kier alpha value is -5.62. The molecule has 3 nitrogen and oxygen atoms in total.